The van der Waals surface area contributed by atoms with E-state index in [1.165, 1.54) is 16.7 Å². The number of hydrogen-bond acceptors (Lipinski definition) is 2. The van der Waals surface area contributed by atoms with Gasteiger partial charge >= 0.3 is 0 Å². The SMILES string of the molecule is Cc1ccc(-c2c(CCC(C)C)nn(C)c2N)cc1C. The van der Waals surface area contributed by atoms with Gasteiger partial charge < -0.3 is 5.73 Å². The van der Waals surface area contributed by atoms with Crippen LogP contribution in [0.15, 0.2) is 18.2 Å². The molecule has 0 aliphatic carbocycles. The Balaban J connectivity index is 2.45. The molecule has 0 atom stereocenters. The van der Waals surface area contributed by atoms with Gasteiger partial charge in [0.2, 0.25) is 0 Å². The van der Waals surface area contributed by atoms with Gasteiger partial charge in [-0.05, 0) is 49.3 Å². The lowest BCUT2D eigenvalue weighted by Crippen LogP contribution is -1.98. The summed E-state index contributed by atoms with van der Waals surface area (Å²) < 4.78 is 1.79. The summed E-state index contributed by atoms with van der Waals surface area (Å²) in [6.07, 6.45) is 2.11. The zero-order valence-corrected chi connectivity index (χ0v) is 13.2. The molecule has 108 valence electrons. The molecular weight excluding hydrogens is 246 g/mol. The standard InChI is InChI=1S/C17H25N3/c1-11(2)6-9-15-16(17(18)20(5)19-15)14-8-7-12(3)13(4)10-14/h7-8,10-11H,6,9,18H2,1-5H3. The largest absolute Gasteiger partial charge is 0.383 e. The number of rotatable bonds is 4. The fraction of sp³-hybridized carbons (Fsp3) is 0.471. The summed E-state index contributed by atoms with van der Waals surface area (Å²) in [5.41, 5.74) is 12.2. The first-order valence-corrected chi connectivity index (χ1v) is 7.29. The van der Waals surface area contributed by atoms with Crippen molar-refractivity contribution in [1.29, 1.82) is 0 Å². The molecule has 3 nitrogen and oxygen atoms in total. The highest BCUT2D eigenvalue weighted by Gasteiger charge is 2.16. The summed E-state index contributed by atoms with van der Waals surface area (Å²) in [6.45, 7) is 8.74. The van der Waals surface area contributed by atoms with Crippen LogP contribution in [0.4, 0.5) is 5.82 Å². The molecule has 1 aromatic heterocycles. The van der Waals surface area contributed by atoms with E-state index in [-0.39, 0.29) is 0 Å². The molecule has 0 fully saturated rings. The smallest absolute Gasteiger partial charge is 0.129 e. The molecule has 0 unspecified atom stereocenters. The van der Waals surface area contributed by atoms with Gasteiger partial charge in [0.15, 0.2) is 0 Å². The third kappa shape index (κ3) is 2.87. The Morgan fingerprint density at radius 1 is 1.20 bits per heavy atom. The molecule has 0 spiro atoms. The van der Waals surface area contributed by atoms with Gasteiger partial charge in [0, 0.05) is 12.6 Å². The average Bonchev–Trinajstić information content (AvgIpc) is 2.66. The minimum absolute atomic E-state index is 0.672. The second-order valence-corrected chi connectivity index (χ2v) is 6.06. The van der Waals surface area contributed by atoms with Crippen LogP contribution in [0.3, 0.4) is 0 Å². The van der Waals surface area contributed by atoms with E-state index in [0.717, 1.165) is 29.9 Å². The molecule has 2 rings (SSSR count). The van der Waals surface area contributed by atoms with Crippen LogP contribution in [-0.2, 0) is 13.5 Å². The monoisotopic (exact) mass is 271 g/mol. The molecular formula is C17H25N3. The maximum atomic E-state index is 6.23. The predicted molar refractivity (Wildman–Crippen MR) is 85.7 cm³/mol. The summed E-state index contributed by atoms with van der Waals surface area (Å²) >= 11 is 0. The molecule has 0 aliphatic heterocycles. The van der Waals surface area contributed by atoms with Crippen molar-refractivity contribution < 1.29 is 0 Å². The van der Waals surface area contributed by atoms with E-state index >= 15 is 0 Å². The highest BCUT2D eigenvalue weighted by molar-refractivity contribution is 5.77. The molecule has 2 N–H and O–H groups in total. The van der Waals surface area contributed by atoms with Crippen LogP contribution in [0.1, 0.15) is 37.1 Å². The Kier molecular flexibility index (Phi) is 4.17. The van der Waals surface area contributed by atoms with E-state index in [1.54, 1.807) is 4.68 Å². The Morgan fingerprint density at radius 3 is 2.50 bits per heavy atom. The fourth-order valence-corrected chi connectivity index (χ4v) is 2.41. The van der Waals surface area contributed by atoms with Crippen LogP contribution in [0.5, 0.6) is 0 Å². The first-order chi connectivity index (χ1) is 9.40. The molecule has 3 heteroatoms. The molecule has 20 heavy (non-hydrogen) atoms. The number of aromatic nitrogens is 2. The van der Waals surface area contributed by atoms with Crippen molar-refractivity contribution in [3.05, 3.63) is 35.0 Å². The van der Waals surface area contributed by atoms with Crippen molar-refractivity contribution in [3.63, 3.8) is 0 Å². The Labute approximate surface area is 121 Å². The van der Waals surface area contributed by atoms with Gasteiger partial charge in [0.05, 0.1) is 5.69 Å². The van der Waals surface area contributed by atoms with Crippen LogP contribution < -0.4 is 5.73 Å². The van der Waals surface area contributed by atoms with E-state index in [9.17, 15) is 0 Å². The third-order valence-electron chi connectivity index (χ3n) is 3.92. The van der Waals surface area contributed by atoms with Gasteiger partial charge in [-0.2, -0.15) is 5.10 Å². The molecule has 1 heterocycles. The van der Waals surface area contributed by atoms with Crippen molar-refractivity contribution in [3.8, 4) is 11.1 Å². The molecule has 2 aromatic rings. The minimum Gasteiger partial charge on any atom is -0.383 e. The second-order valence-electron chi connectivity index (χ2n) is 6.06. The molecule has 0 radical (unpaired) electrons. The summed E-state index contributed by atoms with van der Waals surface area (Å²) in [5, 5.41) is 4.60. The molecule has 0 bridgehead atoms. The van der Waals surface area contributed by atoms with Gasteiger partial charge in [-0.25, -0.2) is 0 Å². The fourth-order valence-electron chi connectivity index (χ4n) is 2.41. The number of aryl methyl sites for hydroxylation is 4. The normalized spacial score (nSPS) is 11.3. The first-order valence-electron chi connectivity index (χ1n) is 7.29. The van der Waals surface area contributed by atoms with E-state index in [0.29, 0.717) is 5.92 Å². The quantitative estimate of drug-likeness (QED) is 0.917. The highest BCUT2D eigenvalue weighted by Crippen LogP contribution is 2.31. The van der Waals surface area contributed by atoms with Crippen molar-refractivity contribution >= 4 is 5.82 Å². The van der Waals surface area contributed by atoms with Crippen molar-refractivity contribution in [2.24, 2.45) is 13.0 Å². The minimum atomic E-state index is 0.672. The van der Waals surface area contributed by atoms with Gasteiger partial charge in [0.25, 0.3) is 0 Å². The number of nitrogens with zero attached hydrogens (tertiary/aromatic N) is 2. The number of hydrogen-bond donors (Lipinski definition) is 1. The van der Waals surface area contributed by atoms with Gasteiger partial charge in [-0.15, -0.1) is 0 Å². The molecule has 0 aliphatic rings. The number of benzene rings is 1. The molecule has 0 amide bonds. The average molecular weight is 271 g/mol. The number of anilines is 1. The van der Waals surface area contributed by atoms with Crippen LogP contribution in [0, 0.1) is 19.8 Å². The Hall–Kier alpha value is -1.77. The van der Waals surface area contributed by atoms with Crippen molar-refractivity contribution in [1.82, 2.24) is 9.78 Å². The van der Waals surface area contributed by atoms with Crippen LogP contribution in [0.25, 0.3) is 11.1 Å². The first kappa shape index (κ1) is 14.6. The summed E-state index contributed by atoms with van der Waals surface area (Å²) in [5.74, 6) is 1.43. The van der Waals surface area contributed by atoms with Gasteiger partial charge in [-0.1, -0.05) is 32.0 Å². The number of nitrogen functional groups attached to an aromatic ring is 1. The lowest BCUT2D eigenvalue weighted by molar-refractivity contribution is 0.577. The lowest BCUT2D eigenvalue weighted by atomic mass is 9.97. The van der Waals surface area contributed by atoms with E-state index in [2.05, 4.69) is 51.0 Å². The molecule has 0 saturated carbocycles. The molecule has 0 saturated heterocycles. The molecule has 1 aromatic carbocycles. The Morgan fingerprint density at radius 2 is 1.90 bits per heavy atom. The van der Waals surface area contributed by atoms with Crippen LogP contribution >= 0.6 is 0 Å². The Bertz CT molecular complexity index is 609. The maximum Gasteiger partial charge on any atom is 0.129 e. The van der Waals surface area contributed by atoms with Crippen molar-refractivity contribution in [2.45, 2.75) is 40.5 Å². The summed E-state index contributed by atoms with van der Waals surface area (Å²) in [7, 11) is 1.92. The summed E-state index contributed by atoms with van der Waals surface area (Å²) in [4.78, 5) is 0. The summed E-state index contributed by atoms with van der Waals surface area (Å²) in [6, 6.07) is 6.51. The topological polar surface area (TPSA) is 43.8 Å². The predicted octanol–water partition coefficient (Wildman–Crippen LogP) is 3.87. The lowest BCUT2D eigenvalue weighted by Gasteiger charge is -2.08. The zero-order valence-electron chi connectivity index (χ0n) is 13.2. The van der Waals surface area contributed by atoms with Crippen molar-refractivity contribution in [2.75, 3.05) is 5.73 Å². The van der Waals surface area contributed by atoms with Gasteiger partial charge in [0.1, 0.15) is 5.82 Å². The van der Waals surface area contributed by atoms with E-state index < -0.39 is 0 Å². The number of nitrogens with two attached hydrogens (primary N) is 1. The van der Waals surface area contributed by atoms with Crippen LogP contribution in [0.2, 0.25) is 0 Å². The van der Waals surface area contributed by atoms with Gasteiger partial charge in [-0.3, -0.25) is 4.68 Å². The van der Waals surface area contributed by atoms with Crippen LogP contribution in [-0.4, -0.2) is 9.78 Å². The second kappa shape index (κ2) is 5.70. The third-order valence-corrected chi connectivity index (χ3v) is 3.92. The maximum absolute atomic E-state index is 6.23. The van der Waals surface area contributed by atoms with E-state index in [4.69, 9.17) is 5.73 Å². The van der Waals surface area contributed by atoms with E-state index in [1.807, 2.05) is 7.05 Å². The highest BCUT2D eigenvalue weighted by atomic mass is 15.3. The zero-order chi connectivity index (χ0) is 14.9.